The van der Waals surface area contributed by atoms with E-state index in [-0.39, 0.29) is 4.90 Å². The molecule has 37 heavy (non-hydrogen) atoms. The van der Waals surface area contributed by atoms with Crippen molar-refractivity contribution >= 4 is 43.5 Å². The second kappa shape index (κ2) is 10.1. The molecule has 190 valence electrons. The smallest absolute Gasteiger partial charge is 0.336 e. The van der Waals surface area contributed by atoms with Crippen LogP contribution in [0.1, 0.15) is 19.4 Å². The van der Waals surface area contributed by atoms with Gasteiger partial charge in [0.2, 0.25) is 10.0 Å². The summed E-state index contributed by atoms with van der Waals surface area (Å²) in [7, 11) is -1.75. The summed E-state index contributed by atoms with van der Waals surface area (Å²) in [5.41, 5.74) is 1.66. The van der Waals surface area contributed by atoms with E-state index in [2.05, 4.69) is 10.2 Å². The molecule has 2 heterocycles. The van der Waals surface area contributed by atoms with E-state index in [1.807, 2.05) is 67.9 Å². The second-order valence-corrected chi connectivity index (χ2v) is 11.4. The quantitative estimate of drug-likeness (QED) is 0.156. The molecule has 0 bridgehead atoms. The Hall–Kier alpha value is -3.47. The van der Waals surface area contributed by atoms with Crippen molar-refractivity contribution in [3.8, 4) is 11.4 Å². The van der Waals surface area contributed by atoms with Gasteiger partial charge < -0.3 is 8.98 Å². The first kappa shape index (κ1) is 25.2. The number of thioether (sulfide) groups is 1. The Bertz CT molecular complexity index is 1770. The van der Waals surface area contributed by atoms with Crippen molar-refractivity contribution in [3.63, 3.8) is 0 Å². The van der Waals surface area contributed by atoms with E-state index >= 15 is 0 Å². The molecule has 0 saturated heterocycles. The van der Waals surface area contributed by atoms with Crippen LogP contribution in [0.3, 0.4) is 0 Å². The van der Waals surface area contributed by atoms with Crippen LogP contribution in [0.25, 0.3) is 33.1 Å². The maximum atomic E-state index is 13.0. The number of nitrogens with zero attached hydrogens (tertiary/aromatic N) is 4. The van der Waals surface area contributed by atoms with Gasteiger partial charge in [0.1, 0.15) is 5.58 Å². The molecule has 10 heteroatoms. The highest BCUT2D eigenvalue weighted by Gasteiger charge is 2.23. The van der Waals surface area contributed by atoms with E-state index < -0.39 is 15.6 Å². The minimum atomic E-state index is -3.59. The Morgan fingerprint density at radius 2 is 1.76 bits per heavy atom. The van der Waals surface area contributed by atoms with Gasteiger partial charge in [-0.1, -0.05) is 68.1 Å². The van der Waals surface area contributed by atoms with Crippen LogP contribution >= 0.6 is 11.8 Å². The molecule has 2 aromatic heterocycles. The van der Waals surface area contributed by atoms with Crippen molar-refractivity contribution in [2.75, 3.05) is 13.1 Å². The first-order chi connectivity index (χ1) is 17.8. The number of aromatic nitrogens is 3. The number of sulfonamides is 1. The fourth-order valence-electron chi connectivity index (χ4n) is 4.48. The number of hydrogen-bond donors (Lipinski definition) is 0. The maximum absolute atomic E-state index is 13.0. The molecule has 5 rings (SSSR count). The standard InChI is InChI=1S/C27H26N4O4S2/c1-4-31(5-2)37(33,34)21-11-8-10-19(15-21)26-28-29-27(30(26)3)36-17-20-16-24(32)35-23-14-13-18-9-6-7-12-22(18)25(20)23/h6-16H,4-5,17H2,1-3H3. The molecule has 3 aromatic carbocycles. The van der Waals surface area contributed by atoms with Crippen LogP contribution in [0, 0.1) is 0 Å². The highest BCUT2D eigenvalue weighted by Crippen LogP contribution is 2.32. The summed E-state index contributed by atoms with van der Waals surface area (Å²) in [6.45, 7) is 4.44. The molecular formula is C27H26N4O4S2. The van der Waals surface area contributed by atoms with Crippen LogP contribution in [0.15, 0.2) is 86.0 Å². The van der Waals surface area contributed by atoms with Crippen LogP contribution in [0.5, 0.6) is 0 Å². The molecule has 0 spiro atoms. The molecule has 0 aliphatic carbocycles. The third kappa shape index (κ3) is 4.68. The van der Waals surface area contributed by atoms with E-state index in [1.54, 1.807) is 18.2 Å². The van der Waals surface area contributed by atoms with Crippen molar-refractivity contribution in [2.24, 2.45) is 7.05 Å². The van der Waals surface area contributed by atoms with Gasteiger partial charge in [-0.05, 0) is 34.5 Å². The molecule has 0 N–H and O–H groups in total. The average molecular weight is 535 g/mol. The summed E-state index contributed by atoms with van der Waals surface area (Å²) in [4.78, 5) is 12.5. The van der Waals surface area contributed by atoms with Crippen LogP contribution in [0.2, 0.25) is 0 Å². The molecule has 0 aliphatic heterocycles. The first-order valence-electron chi connectivity index (χ1n) is 11.9. The second-order valence-electron chi connectivity index (χ2n) is 8.52. The number of fused-ring (bicyclic) bond motifs is 3. The molecule has 8 nitrogen and oxygen atoms in total. The molecule has 0 aliphatic rings. The molecule has 5 aromatic rings. The summed E-state index contributed by atoms with van der Waals surface area (Å²) in [6, 6.07) is 20.1. The number of rotatable bonds is 8. The summed E-state index contributed by atoms with van der Waals surface area (Å²) in [5.74, 6) is 1.04. The third-order valence-corrected chi connectivity index (χ3v) is 9.46. The molecular weight excluding hydrogens is 508 g/mol. The van der Waals surface area contributed by atoms with E-state index in [0.717, 1.165) is 21.7 Å². The predicted octanol–water partition coefficient (Wildman–Crippen LogP) is 5.06. The molecule has 0 atom stereocenters. The lowest BCUT2D eigenvalue weighted by atomic mass is 10.0. The Labute approximate surface area is 219 Å². The van der Waals surface area contributed by atoms with Gasteiger partial charge in [0.25, 0.3) is 0 Å². The largest absolute Gasteiger partial charge is 0.423 e. The average Bonchev–Trinajstić information content (AvgIpc) is 3.27. The zero-order chi connectivity index (χ0) is 26.2. The maximum Gasteiger partial charge on any atom is 0.336 e. The van der Waals surface area contributed by atoms with Crippen LogP contribution in [0.4, 0.5) is 0 Å². The van der Waals surface area contributed by atoms with Gasteiger partial charge in [-0.15, -0.1) is 10.2 Å². The Morgan fingerprint density at radius 3 is 2.54 bits per heavy atom. The molecule has 0 amide bonds. The van der Waals surface area contributed by atoms with Crippen LogP contribution in [-0.2, 0) is 22.8 Å². The Morgan fingerprint density at radius 1 is 0.973 bits per heavy atom. The van der Waals surface area contributed by atoms with Crippen molar-refractivity contribution < 1.29 is 12.8 Å². The lowest BCUT2D eigenvalue weighted by Crippen LogP contribution is -2.30. The zero-order valence-corrected chi connectivity index (χ0v) is 22.3. The summed E-state index contributed by atoms with van der Waals surface area (Å²) < 4.78 is 34.7. The topological polar surface area (TPSA) is 98.3 Å². The number of benzene rings is 3. The third-order valence-electron chi connectivity index (χ3n) is 6.34. The van der Waals surface area contributed by atoms with Crippen molar-refractivity contribution in [2.45, 2.75) is 29.7 Å². The SMILES string of the molecule is CCN(CC)S(=O)(=O)c1cccc(-c2nnc(SCc3cc(=O)oc4ccc5ccccc5c34)n2C)c1. The Kier molecular flexibility index (Phi) is 6.89. The van der Waals surface area contributed by atoms with Gasteiger partial charge in [-0.3, -0.25) is 0 Å². The molecule has 0 unspecified atom stereocenters. The normalized spacial score (nSPS) is 12.1. The van der Waals surface area contributed by atoms with Gasteiger partial charge in [-0.2, -0.15) is 4.31 Å². The predicted molar refractivity (Wildman–Crippen MR) is 146 cm³/mol. The van der Waals surface area contributed by atoms with E-state index in [9.17, 15) is 13.2 Å². The zero-order valence-electron chi connectivity index (χ0n) is 20.7. The highest BCUT2D eigenvalue weighted by molar-refractivity contribution is 7.98. The highest BCUT2D eigenvalue weighted by atomic mass is 32.2. The lowest BCUT2D eigenvalue weighted by molar-refractivity contribution is 0.445. The van der Waals surface area contributed by atoms with Crippen molar-refractivity contribution in [1.29, 1.82) is 0 Å². The summed E-state index contributed by atoms with van der Waals surface area (Å²) in [5, 5.41) is 12.3. The van der Waals surface area contributed by atoms with E-state index in [1.165, 1.54) is 22.1 Å². The first-order valence-corrected chi connectivity index (χ1v) is 14.3. The van der Waals surface area contributed by atoms with Gasteiger partial charge in [-0.25, -0.2) is 13.2 Å². The lowest BCUT2D eigenvalue weighted by Gasteiger charge is -2.18. The molecule has 0 radical (unpaired) electrons. The number of hydrogen-bond acceptors (Lipinski definition) is 7. The van der Waals surface area contributed by atoms with E-state index in [4.69, 9.17) is 4.42 Å². The van der Waals surface area contributed by atoms with Crippen molar-refractivity contribution in [3.05, 3.63) is 82.7 Å². The fourth-order valence-corrected chi connectivity index (χ4v) is 6.87. The molecule has 0 fully saturated rings. The summed E-state index contributed by atoms with van der Waals surface area (Å²) in [6.07, 6.45) is 0. The summed E-state index contributed by atoms with van der Waals surface area (Å²) >= 11 is 1.45. The van der Waals surface area contributed by atoms with Crippen LogP contribution < -0.4 is 5.63 Å². The Balaban J connectivity index is 1.47. The van der Waals surface area contributed by atoms with Gasteiger partial charge >= 0.3 is 5.63 Å². The van der Waals surface area contributed by atoms with E-state index in [0.29, 0.717) is 41.0 Å². The fraction of sp³-hybridized carbons (Fsp3) is 0.222. The monoisotopic (exact) mass is 534 g/mol. The minimum absolute atomic E-state index is 0.222. The van der Waals surface area contributed by atoms with Crippen molar-refractivity contribution in [1.82, 2.24) is 19.1 Å². The molecule has 0 saturated carbocycles. The minimum Gasteiger partial charge on any atom is -0.423 e. The van der Waals surface area contributed by atoms with Crippen LogP contribution in [-0.4, -0.2) is 40.6 Å². The van der Waals surface area contributed by atoms with Gasteiger partial charge in [0.05, 0.1) is 4.90 Å². The van der Waals surface area contributed by atoms with Gasteiger partial charge in [0.15, 0.2) is 11.0 Å². The van der Waals surface area contributed by atoms with Gasteiger partial charge in [0, 0.05) is 42.9 Å².